The van der Waals surface area contributed by atoms with E-state index < -0.39 is 0 Å². The Labute approximate surface area is 182 Å². The third-order valence-electron chi connectivity index (χ3n) is 5.87. The van der Waals surface area contributed by atoms with E-state index in [4.69, 9.17) is 0 Å². The summed E-state index contributed by atoms with van der Waals surface area (Å²) in [5, 5.41) is 2.99. The standard InChI is InChI=1S/C25H25N5O/c31-25(29-21-8-9-22(28-16-21)17-30-12-3-13-30)24-23-14-19(20-5-1-10-26-15-20)7-6-18(23)4-2-11-27-24/h1,5-10,14-16H,2-4,11-13,17H2,(H,29,31). The second-order valence-corrected chi connectivity index (χ2v) is 8.07. The molecule has 1 aromatic carbocycles. The average molecular weight is 412 g/mol. The molecule has 2 aromatic heterocycles. The van der Waals surface area contributed by atoms with Crippen molar-refractivity contribution in [2.75, 3.05) is 25.0 Å². The van der Waals surface area contributed by atoms with E-state index in [0.717, 1.165) is 60.4 Å². The van der Waals surface area contributed by atoms with Gasteiger partial charge in [-0.05, 0) is 67.7 Å². The number of fused-ring (bicyclic) bond motifs is 1. The molecule has 0 spiro atoms. The summed E-state index contributed by atoms with van der Waals surface area (Å²) in [5.41, 5.74) is 6.32. The largest absolute Gasteiger partial charge is 0.319 e. The number of hydrogen-bond donors (Lipinski definition) is 1. The van der Waals surface area contributed by atoms with E-state index in [1.54, 1.807) is 12.4 Å². The first-order valence-corrected chi connectivity index (χ1v) is 10.8. The van der Waals surface area contributed by atoms with E-state index >= 15 is 0 Å². The summed E-state index contributed by atoms with van der Waals surface area (Å²) in [6.45, 7) is 3.79. The van der Waals surface area contributed by atoms with Gasteiger partial charge in [-0.3, -0.25) is 24.7 Å². The summed E-state index contributed by atoms with van der Waals surface area (Å²) in [6, 6.07) is 14.1. The van der Waals surface area contributed by atoms with E-state index in [9.17, 15) is 4.79 Å². The fourth-order valence-corrected chi connectivity index (χ4v) is 4.02. The topological polar surface area (TPSA) is 70.5 Å². The third kappa shape index (κ3) is 4.39. The van der Waals surface area contributed by atoms with E-state index in [1.165, 1.54) is 6.42 Å². The molecule has 2 aliphatic heterocycles. The molecule has 0 aliphatic carbocycles. The molecular formula is C25H25N5O. The highest BCUT2D eigenvalue weighted by atomic mass is 16.1. The van der Waals surface area contributed by atoms with Crippen LogP contribution in [0, 0.1) is 0 Å². The van der Waals surface area contributed by atoms with Crippen LogP contribution in [0.2, 0.25) is 0 Å². The molecule has 6 nitrogen and oxygen atoms in total. The van der Waals surface area contributed by atoms with Crippen molar-refractivity contribution in [2.24, 2.45) is 4.99 Å². The van der Waals surface area contributed by atoms with Crippen molar-refractivity contribution in [1.82, 2.24) is 14.9 Å². The molecule has 6 heteroatoms. The van der Waals surface area contributed by atoms with Gasteiger partial charge in [0.25, 0.3) is 5.91 Å². The van der Waals surface area contributed by atoms with Crippen LogP contribution in [0.4, 0.5) is 5.69 Å². The molecule has 0 radical (unpaired) electrons. The molecule has 31 heavy (non-hydrogen) atoms. The number of nitrogens with one attached hydrogen (secondary N) is 1. The van der Waals surface area contributed by atoms with E-state index in [-0.39, 0.29) is 5.91 Å². The molecule has 1 N–H and O–H groups in total. The van der Waals surface area contributed by atoms with Gasteiger partial charge in [0.15, 0.2) is 0 Å². The molecule has 156 valence electrons. The predicted molar refractivity (Wildman–Crippen MR) is 122 cm³/mol. The van der Waals surface area contributed by atoms with Crippen LogP contribution in [-0.4, -0.2) is 46.1 Å². The quantitative estimate of drug-likeness (QED) is 0.695. The number of likely N-dealkylation sites (tertiary alicyclic amines) is 1. The Morgan fingerprint density at radius 1 is 1.03 bits per heavy atom. The second-order valence-electron chi connectivity index (χ2n) is 8.07. The van der Waals surface area contributed by atoms with Crippen molar-refractivity contribution in [1.29, 1.82) is 0 Å². The lowest BCUT2D eigenvalue weighted by Crippen LogP contribution is -2.36. The highest BCUT2D eigenvalue weighted by Gasteiger charge is 2.21. The van der Waals surface area contributed by atoms with Crippen LogP contribution >= 0.6 is 0 Å². The Morgan fingerprint density at radius 2 is 1.97 bits per heavy atom. The lowest BCUT2D eigenvalue weighted by Gasteiger charge is -2.30. The van der Waals surface area contributed by atoms with Crippen molar-refractivity contribution in [3.8, 4) is 11.1 Å². The van der Waals surface area contributed by atoms with Crippen molar-refractivity contribution < 1.29 is 4.79 Å². The first-order valence-electron chi connectivity index (χ1n) is 10.8. The highest BCUT2D eigenvalue weighted by Crippen LogP contribution is 2.25. The normalized spacial score (nSPS) is 15.9. The summed E-state index contributed by atoms with van der Waals surface area (Å²) < 4.78 is 0. The highest BCUT2D eigenvalue weighted by molar-refractivity contribution is 6.49. The number of aromatic nitrogens is 2. The number of nitrogens with zero attached hydrogens (tertiary/aromatic N) is 4. The fourth-order valence-electron chi connectivity index (χ4n) is 4.02. The van der Waals surface area contributed by atoms with Crippen molar-refractivity contribution in [2.45, 2.75) is 25.8 Å². The van der Waals surface area contributed by atoms with E-state index in [2.05, 4.69) is 43.4 Å². The molecule has 0 bridgehead atoms. The Hall–Kier alpha value is -3.38. The van der Waals surface area contributed by atoms with Crippen LogP contribution in [0.25, 0.3) is 11.1 Å². The first-order chi connectivity index (χ1) is 15.3. The molecule has 1 fully saturated rings. The fraction of sp³-hybridized carbons (Fsp3) is 0.280. The zero-order valence-corrected chi connectivity index (χ0v) is 17.4. The number of carbonyl (C=O) groups is 1. The number of aryl methyl sites for hydroxylation is 1. The van der Waals surface area contributed by atoms with Crippen molar-refractivity contribution in [3.05, 3.63) is 77.9 Å². The van der Waals surface area contributed by atoms with Crippen LogP contribution in [-0.2, 0) is 17.8 Å². The lowest BCUT2D eigenvalue weighted by atomic mass is 9.95. The van der Waals surface area contributed by atoms with Gasteiger partial charge in [0.05, 0.1) is 17.6 Å². The second kappa shape index (κ2) is 8.78. The van der Waals surface area contributed by atoms with Crippen LogP contribution in [0.3, 0.4) is 0 Å². The number of hydrogen-bond acceptors (Lipinski definition) is 5. The molecule has 1 amide bonds. The third-order valence-corrected chi connectivity index (χ3v) is 5.87. The zero-order chi connectivity index (χ0) is 21.0. The van der Waals surface area contributed by atoms with Gasteiger partial charge in [0.1, 0.15) is 5.71 Å². The average Bonchev–Trinajstić information content (AvgIpc) is 3.00. The molecule has 3 aromatic rings. The minimum absolute atomic E-state index is 0.191. The SMILES string of the molecule is O=C(Nc1ccc(CN2CCC2)nc1)C1=NCCCc2ccc(-c3cccnc3)cc21. The number of rotatable bonds is 5. The van der Waals surface area contributed by atoms with E-state index in [0.29, 0.717) is 17.9 Å². The first kappa shape index (κ1) is 19.6. The van der Waals surface area contributed by atoms with Gasteiger partial charge in [-0.15, -0.1) is 0 Å². The van der Waals surface area contributed by atoms with Gasteiger partial charge < -0.3 is 5.32 Å². The van der Waals surface area contributed by atoms with Gasteiger partial charge in [0.2, 0.25) is 0 Å². The maximum atomic E-state index is 13.2. The number of pyridine rings is 2. The predicted octanol–water partition coefficient (Wildman–Crippen LogP) is 3.72. The molecule has 0 atom stereocenters. The van der Waals surface area contributed by atoms with Crippen LogP contribution in [0.15, 0.2) is 66.0 Å². The van der Waals surface area contributed by atoms with Crippen molar-refractivity contribution >= 4 is 17.3 Å². The minimum atomic E-state index is -0.191. The Balaban J connectivity index is 1.37. The summed E-state index contributed by atoms with van der Waals surface area (Å²) in [5.74, 6) is -0.191. The van der Waals surface area contributed by atoms with Gasteiger partial charge >= 0.3 is 0 Å². The zero-order valence-electron chi connectivity index (χ0n) is 17.4. The summed E-state index contributed by atoms with van der Waals surface area (Å²) in [4.78, 5) is 28.9. The van der Waals surface area contributed by atoms with Crippen LogP contribution in [0.1, 0.15) is 29.7 Å². The minimum Gasteiger partial charge on any atom is -0.319 e. The number of amides is 1. The van der Waals surface area contributed by atoms with Crippen LogP contribution in [0.5, 0.6) is 0 Å². The Morgan fingerprint density at radius 3 is 2.71 bits per heavy atom. The molecule has 0 unspecified atom stereocenters. The van der Waals surface area contributed by atoms with Gasteiger partial charge in [-0.1, -0.05) is 18.2 Å². The maximum absolute atomic E-state index is 13.2. The molecule has 1 saturated heterocycles. The summed E-state index contributed by atoms with van der Waals surface area (Å²) in [6.07, 6.45) is 8.44. The van der Waals surface area contributed by atoms with Crippen LogP contribution < -0.4 is 5.32 Å². The van der Waals surface area contributed by atoms with Crippen molar-refractivity contribution in [3.63, 3.8) is 0 Å². The van der Waals surface area contributed by atoms with E-state index in [1.807, 2.05) is 30.5 Å². The lowest BCUT2D eigenvalue weighted by molar-refractivity contribution is -0.110. The van der Waals surface area contributed by atoms with Gasteiger partial charge in [0, 0.05) is 36.6 Å². The molecule has 2 aliphatic rings. The number of aliphatic imine (C=N–C) groups is 1. The number of benzene rings is 1. The molecule has 4 heterocycles. The number of anilines is 1. The smallest absolute Gasteiger partial charge is 0.274 e. The Kier molecular flexibility index (Phi) is 5.54. The number of carbonyl (C=O) groups excluding carboxylic acids is 1. The summed E-state index contributed by atoms with van der Waals surface area (Å²) in [7, 11) is 0. The molecular weight excluding hydrogens is 386 g/mol. The maximum Gasteiger partial charge on any atom is 0.274 e. The Bertz CT molecular complexity index is 1100. The molecule has 0 saturated carbocycles. The van der Waals surface area contributed by atoms with Gasteiger partial charge in [-0.2, -0.15) is 0 Å². The van der Waals surface area contributed by atoms with Gasteiger partial charge in [-0.25, -0.2) is 0 Å². The summed E-state index contributed by atoms with van der Waals surface area (Å²) >= 11 is 0. The monoisotopic (exact) mass is 411 g/mol. The molecule has 5 rings (SSSR count).